The number of hydrogen-bond donors (Lipinski definition) is 1. The van der Waals surface area contributed by atoms with Gasteiger partial charge in [0, 0.05) is 24.2 Å². The molecule has 0 spiro atoms. The van der Waals surface area contributed by atoms with Crippen molar-refractivity contribution in [2.75, 3.05) is 0 Å². The minimum absolute atomic E-state index is 0.0638. The van der Waals surface area contributed by atoms with Crippen LogP contribution < -0.4 is 0 Å². The van der Waals surface area contributed by atoms with Gasteiger partial charge >= 0.3 is 5.97 Å². The summed E-state index contributed by atoms with van der Waals surface area (Å²) >= 11 is 0. The fourth-order valence-electron chi connectivity index (χ4n) is 2.31. The van der Waals surface area contributed by atoms with Crippen LogP contribution in [0.2, 0.25) is 0 Å². The molecule has 0 fully saturated rings. The van der Waals surface area contributed by atoms with Gasteiger partial charge in [-0.05, 0) is 43.5 Å². The smallest absolute Gasteiger partial charge is 0.303 e. The van der Waals surface area contributed by atoms with E-state index in [1.807, 2.05) is 19.9 Å². The number of aryl methyl sites for hydroxylation is 2. The Kier molecular flexibility index (Phi) is 4.62. The van der Waals surface area contributed by atoms with Crippen molar-refractivity contribution in [3.8, 4) is 0 Å². The molecule has 0 bridgehead atoms. The van der Waals surface area contributed by atoms with Crippen molar-refractivity contribution >= 4 is 5.97 Å². The highest BCUT2D eigenvalue weighted by molar-refractivity contribution is 5.67. The Labute approximate surface area is 122 Å². The predicted octanol–water partition coefficient (Wildman–Crippen LogP) is 2.84. The summed E-state index contributed by atoms with van der Waals surface area (Å²) in [4.78, 5) is 19.5. The molecule has 1 aromatic heterocycles. The third-order valence-corrected chi connectivity index (χ3v) is 3.31. The van der Waals surface area contributed by atoms with Crippen LogP contribution in [0.5, 0.6) is 0 Å². The fraction of sp³-hybridized carbons (Fsp3) is 0.312. The number of halogens is 1. The predicted molar refractivity (Wildman–Crippen MR) is 76.7 cm³/mol. The van der Waals surface area contributed by atoms with E-state index >= 15 is 0 Å². The standard InChI is InChI=1S/C16H17FN2O2/c1-10-14(6-7-16(20)21)11(2)19-15(18-10)9-12-4-3-5-13(17)8-12/h3-5,8H,6-7,9H2,1-2H3,(H,20,21). The summed E-state index contributed by atoms with van der Waals surface area (Å²) in [5, 5.41) is 8.76. The van der Waals surface area contributed by atoms with Gasteiger partial charge in [-0.3, -0.25) is 4.79 Å². The lowest BCUT2D eigenvalue weighted by molar-refractivity contribution is -0.136. The number of hydrogen-bond acceptors (Lipinski definition) is 3. The Morgan fingerprint density at radius 1 is 1.24 bits per heavy atom. The molecule has 1 aromatic carbocycles. The number of rotatable bonds is 5. The molecule has 1 N–H and O–H groups in total. The fourth-order valence-corrected chi connectivity index (χ4v) is 2.31. The largest absolute Gasteiger partial charge is 0.481 e. The van der Waals surface area contributed by atoms with Crippen molar-refractivity contribution in [3.05, 3.63) is 58.4 Å². The topological polar surface area (TPSA) is 63.1 Å². The summed E-state index contributed by atoms with van der Waals surface area (Å²) in [5.41, 5.74) is 3.26. The minimum atomic E-state index is -0.836. The molecule has 21 heavy (non-hydrogen) atoms. The second kappa shape index (κ2) is 6.43. The van der Waals surface area contributed by atoms with Gasteiger partial charge in [0.1, 0.15) is 11.6 Å². The lowest BCUT2D eigenvalue weighted by atomic mass is 10.1. The van der Waals surface area contributed by atoms with Gasteiger partial charge in [-0.2, -0.15) is 0 Å². The molecule has 0 amide bonds. The Morgan fingerprint density at radius 3 is 2.48 bits per heavy atom. The zero-order chi connectivity index (χ0) is 15.4. The highest BCUT2D eigenvalue weighted by Gasteiger charge is 2.11. The number of carboxylic acids is 1. The quantitative estimate of drug-likeness (QED) is 0.919. The number of nitrogens with zero attached hydrogens (tertiary/aromatic N) is 2. The van der Waals surface area contributed by atoms with E-state index in [0.717, 1.165) is 22.5 Å². The van der Waals surface area contributed by atoms with E-state index in [9.17, 15) is 9.18 Å². The van der Waals surface area contributed by atoms with Crippen molar-refractivity contribution in [1.82, 2.24) is 9.97 Å². The summed E-state index contributed by atoms with van der Waals surface area (Å²) in [6, 6.07) is 6.35. The first kappa shape index (κ1) is 15.1. The number of carboxylic acid groups (broad SMARTS) is 1. The van der Waals surface area contributed by atoms with Crippen LogP contribution >= 0.6 is 0 Å². The van der Waals surface area contributed by atoms with Crippen molar-refractivity contribution in [2.24, 2.45) is 0 Å². The van der Waals surface area contributed by atoms with Gasteiger partial charge in [0.25, 0.3) is 0 Å². The van der Waals surface area contributed by atoms with E-state index in [4.69, 9.17) is 5.11 Å². The van der Waals surface area contributed by atoms with Crippen LogP contribution in [-0.4, -0.2) is 21.0 Å². The molecule has 0 radical (unpaired) electrons. The summed E-state index contributed by atoms with van der Waals surface area (Å²) in [6.45, 7) is 3.70. The van der Waals surface area contributed by atoms with Gasteiger partial charge < -0.3 is 5.11 Å². The Morgan fingerprint density at radius 2 is 1.90 bits per heavy atom. The van der Waals surface area contributed by atoms with Gasteiger partial charge in [0.05, 0.1) is 0 Å². The van der Waals surface area contributed by atoms with Crippen LogP contribution in [0.25, 0.3) is 0 Å². The summed E-state index contributed by atoms with van der Waals surface area (Å²) in [5.74, 6) is -0.494. The molecule has 0 atom stereocenters. The van der Waals surface area contributed by atoms with Crippen LogP contribution in [0.1, 0.15) is 34.8 Å². The summed E-state index contributed by atoms with van der Waals surface area (Å²) in [6.07, 6.45) is 0.945. The molecule has 0 saturated heterocycles. The van der Waals surface area contributed by atoms with Crippen LogP contribution in [0.4, 0.5) is 4.39 Å². The minimum Gasteiger partial charge on any atom is -0.481 e. The molecule has 0 aliphatic carbocycles. The second-order valence-corrected chi connectivity index (χ2v) is 4.99. The highest BCUT2D eigenvalue weighted by atomic mass is 19.1. The molecule has 5 heteroatoms. The molecule has 0 aliphatic rings. The van der Waals surface area contributed by atoms with Gasteiger partial charge in [-0.1, -0.05) is 12.1 Å². The second-order valence-electron chi connectivity index (χ2n) is 4.99. The lowest BCUT2D eigenvalue weighted by Crippen LogP contribution is -2.08. The van der Waals surface area contributed by atoms with Gasteiger partial charge in [0.15, 0.2) is 0 Å². The molecule has 2 aromatic rings. The summed E-state index contributed by atoms with van der Waals surface area (Å²) in [7, 11) is 0. The molecular weight excluding hydrogens is 271 g/mol. The molecule has 110 valence electrons. The van der Waals surface area contributed by atoms with Crippen LogP contribution in [0.15, 0.2) is 24.3 Å². The molecular formula is C16H17FN2O2. The van der Waals surface area contributed by atoms with Crippen molar-refractivity contribution in [3.63, 3.8) is 0 Å². The molecule has 0 aliphatic heterocycles. The molecule has 2 rings (SSSR count). The van der Waals surface area contributed by atoms with Gasteiger partial charge in [-0.25, -0.2) is 14.4 Å². The first-order valence-electron chi connectivity index (χ1n) is 6.75. The van der Waals surface area contributed by atoms with E-state index in [0.29, 0.717) is 18.7 Å². The van der Waals surface area contributed by atoms with Crippen LogP contribution in [-0.2, 0) is 17.6 Å². The molecule has 0 saturated carbocycles. The maximum atomic E-state index is 13.2. The van der Waals surface area contributed by atoms with E-state index in [1.54, 1.807) is 6.07 Å². The molecule has 1 heterocycles. The Balaban J connectivity index is 2.21. The van der Waals surface area contributed by atoms with E-state index < -0.39 is 5.97 Å². The van der Waals surface area contributed by atoms with Crippen LogP contribution in [0, 0.1) is 19.7 Å². The van der Waals surface area contributed by atoms with E-state index in [2.05, 4.69) is 9.97 Å². The first-order valence-corrected chi connectivity index (χ1v) is 6.75. The number of carbonyl (C=O) groups is 1. The Hall–Kier alpha value is -2.30. The number of aromatic nitrogens is 2. The number of benzene rings is 1. The average Bonchev–Trinajstić information content (AvgIpc) is 2.37. The maximum Gasteiger partial charge on any atom is 0.303 e. The number of aliphatic carboxylic acids is 1. The SMILES string of the molecule is Cc1nc(Cc2cccc(F)c2)nc(C)c1CCC(=O)O. The van der Waals surface area contributed by atoms with Gasteiger partial charge in [-0.15, -0.1) is 0 Å². The Bertz CT molecular complexity index is 648. The third-order valence-electron chi connectivity index (χ3n) is 3.31. The first-order chi connectivity index (χ1) is 9.95. The highest BCUT2D eigenvalue weighted by Crippen LogP contribution is 2.15. The van der Waals surface area contributed by atoms with E-state index in [1.165, 1.54) is 12.1 Å². The van der Waals surface area contributed by atoms with Crippen LogP contribution in [0.3, 0.4) is 0 Å². The van der Waals surface area contributed by atoms with E-state index in [-0.39, 0.29) is 12.2 Å². The molecule has 0 unspecified atom stereocenters. The normalized spacial score (nSPS) is 10.6. The average molecular weight is 288 g/mol. The zero-order valence-electron chi connectivity index (χ0n) is 12.1. The molecule has 4 nitrogen and oxygen atoms in total. The summed E-state index contributed by atoms with van der Waals surface area (Å²) < 4.78 is 13.2. The van der Waals surface area contributed by atoms with Crippen molar-refractivity contribution in [1.29, 1.82) is 0 Å². The van der Waals surface area contributed by atoms with Crippen molar-refractivity contribution < 1.29 is 14.3 Å². The van der Waals surface area contributed by atoms with Crippen molar-refractivity contribution in [2.45, 2.75) is 33.1 Å². The third kappa shape index (κ3) is 4.08. The monoisotopic (exact) mass is 288 g/mol. The van der Waals surface area contributed by atoms with Gasteiger partial charge in [0.2, 0.25) is 0 Å². The zero-order valence-corrected chi connectivity index (χ0v) is 12.1. The lowest BCUT2D eigenvalue weighted by Gasteiger charge is -2.10. The maximum absolute atomic E-state index is 13.2.